The Bertz CT molecular complexity index is 3640. The summed E-state index contributed by atoms with van der Waals surface area (Å²) in [4.78, 5) is 0. The number of alkyl halides is 3. The van der Waals surface area contributed by atoms with Crippen LogP contribution >= 0.6 is 0 Å². The van der Waals surface area contributed by atoms with E-state index in [2.05, 4.69) is 0 Å². The number of aryl methyl sites for hydroxylation is 4. The van der Waals surface area contributed by atoms with Crippen molar-refractivity contribution in [2.75, 3.05) is 0 Å². The van der Waals surface area contributed by atoms with Gasteiger partial charge in [0.2, 0.25) is 0 Å². The fourth-order valence-corrected chi connectivity index (χ4v) is 10.4. The number of nitrogens with zero attached hydrogens (tertiary/aromatic N) is 2. The van der Waals surface area contributed by atoms with Crippen molar-refractivity contribution in [1.82, 2.24) is 9.13 Å². The van der Waals surface area contributed by atoms with Crippen LogP contribution in [-0.4, -0.2) is 9.13 Å². The Kier molecular flexibility index (Phi) is 10.6. The third-order valence-corrected chi connectivity index (χ3v) is 14.1. The van der Waals surface area contributed by atoms with Crippen LogP contribution in [0.25, 0.3) is 111 Å². The SMILES string of the molecule is Cc1ccc(-c2ccc3c4ccc(-c5ccc(C)cc5)cc4n(-c4cc(-c5cc(F)cc(F)c5)cc(-n5c6cc(-c7ccc(C)cc7)ccc6c6ccc(-c7ccc(C)cc7)cc65)c4C(F)(F)F)c3c2)cc1. The monoisotopic (exact) mass is 948 g/mol. The number of hydrogen-bond acceptors (Lipinski definition) is 0. The van der Waals surface area contributed by atoms with Crippen LogP contribution < -0.4 is 0 Å². The van der Waals surface area contributed by atoms with Crippen LogP contribution in [0.2, 0.25) is 0 Å². The predicted octanol–water partition coefficient (Wildman–Crippen LogP) is 18.7. The predicted molar refractivity (Wildman–Crippen MR) is 286 cm³/mol. The van der Waals surface area contributed by atoms with E-state index in [-0.39, 0.29) is 22.5 Å². The van der Waals surface area contributed by atoms with Crippen LogP contribution in [0.3, 0.4) is 0 Å². The Labute approximate surface area is 413 Å². The molecule has 2 aromatic heterocycles. The standard InChI is InChI=1S/C65H45F5N2/c1-38-5-13-42(14-6-38)46-21-25-54-55-26-22-47(43-15-7-39(2)8-16-43)32-59(55)71(58(54)31-46)62-35-51(50-29-52(66)37-53(67)30-50)36-63(64(62)65(68,69)70)72-60-33-48(44-17-9-40(3)10-18-44)23-27-56(60)57-28-24-49(34-61(57)72)45-19-11-41(4)12-20-45/h5-37H,1-4H3. The molecule has 12 aromatic rings. The maximum Gasteiger partial charge on any atom is 0.420 e. The summed E-state index contributed by atoms with van der Waals surface area (Å²) in [5.41, 5.74) is 12.3. The van der Waals surface area contributed by atoms with Gasteiger partial charge < -0.3 is 9.13 Å². The van der Waals surface area contributed by atoms with Gasteiger partial charge in [0.25, 0.3) is 0 Å². The second kappa shape index (κ2) is 17.1. The summed E-state index contributed by atoms with van der Waals surface area (Å²) in [5, 5.41) is 2.98. The summed E-state index contributed by atoms with van der Waals surface area (Å²) in [6.07, 6.45) is -4.98. The fourth-order valence-electron chi connectivity index (χ4n) is 10.4. The number of halogens is 5. The van der Waals surface area contributed by atoms with Crippen molar-refractivity contribution >= 4 is 43.6 Å². The van der Waals surface area contributed by atoms with E-state index >= 15 is 22.0 Å². The molecular weight excluding hydrogens is 904 g/mol. The topological polar surface area (TPSA) is 9.86 Å². The minimum absolute atomic E-state index is 0.0895. The highest BCUT2D eigenvalue weighted by Crippen LogP contribution is 2.48. The van der Waals surface area contributed by atoms with E-state index in [1.807, 2.05) is 198 Å². The minimum atomic E-state index is -4.98. The van der Waals surface area contributed by atoms with Gasteiger partial charge in [0.05, 0.1) is 33.4 Å². The molecule has 0 unspecified atom stereocenters. The lowest BCUT2D eigenvalue weighted by molar-refractivity contribution is -0.137. The Morgan fingerprint density at radius 1 is 0.278 bits per heavy atom. The van der Waals surface area contributed by atoms with Gasteiger partial charge in [0.15, 0.2) is 0 Å². The lowest BCUT2D eigenvalue weighted by atomic mass is 9.98. The summed E-state index contributed by atoms with van der Waals surface area (Å²) >= 11 is 0. The zero-order valence-corrected chi connectivity index (χ0v) is 39.8. The van der Waals surface area contributed by atoms with Gasteiger partial charge in [-0.3, -0.25) is 0 Å². The van der Waals surface area contributed by atoms with Crippen molar-refractivity contribution < 1.29 is 22.0 Å². The highest BCUT2D eigenvalue weighted by atomic mass is 19.4. The first-order valence-electron chi connectivity index (χ1n) is 23.9. The Hall–Kier alpha value is -8.55. The highest BCUT2D eigenvalue weighted by Gasteiger charge is 2.40. The normalized spacial score (nSPS) is 12.0. The molecule has 72 heavy (non-hydrogen) atoms. The van der Waals surface area contributed by atoms with E-state index in [1.54, 1.807) is 9.13 Å². The molecule has 0 aliphatic heterocycles. The summed E-state index contributed by atoms with van der Waals surface area (Å²) < 4.78 is 85.7. The maximum atomic E-state index is 17.1. The van der Waals surface area contributed by atoms with Gasteiger partial charge in [-0.2, -0.15) is 13.2 Å². The zero-order valence-electron chi connectivity index (χ0n) is 39.8. The number of rotatable bonds is 7. The van der Waals surface area contributed by atoms with Gasteiger partial charge in [-0.1, -0.05) is 168 Å². The molecule has 0 amide bonds. The molecule has 0 saturated carbocycles. The molecule has 350 valence electrons. The number of hydrogen-bond donors (Lipinski definition) is 0. The first-order chi connectivity index (χ1) is 34.7. The largest absolute Gasteiger partial charge is 0.420 e. The number of fused-ring (bicyclic) bond motifs is 6. The lowest BCUT2D eigenvalue weighted by Crippen LogP contribution is -2.16. The smallest absolute Gasteiger partial charge is 0.308 e. The molecule has 2 heterocycles. The van der Waals surface area contributed by atoms with E-state index < -0.39 is 23.4 Å². The molecule has 0 aliphatic carbocycles. The second-order valence-corrected chi connectivity index (χ2v) is 19.1. The van der Waals surface area contributed by atoms with E-state index in [4.69, 9.17) is 0 Å². The molecule has 0 spiro atoms. The molecule has 0 radical (unpaired) electrons. The lowest BCUT2D eigenvalue weighted by Gasteiger charge is -2.23. The quantitative estimate of drug-likeness (QED) is 0.141. The van der Waals surface area contributed by atoms with Crippen molar-refractivity contribution in [1.29, 1.82) is 0 Å². The second-order valence-electron chi connectivity index (χ2n) is 19.1. The summed E-state index contributed by atoms with van der Waals surface area (Å²) in [6, 6.07) is 61.9. The Morgan fingerprint density at radius 2 is 0.528 bits per heavy atom. The summed E-state index contributed by atoms with van der Waals surface area (Å²) in [6.45, 7) is 8.03. The average Bonchev–Trinajstić information content (AvgIpc) is 3.87. The molecule has 12 rings (SSSR count). The van der Waals surface area contributed by atoms with Crippen molar-refractivity contribution in [3.8, 4) is 67.0 Å². The number of aromatic nitrogens is 2. The van der Waals surface area contributed by atoms with Gasteiger partial charge in [-0.15, -0.1) is 0 Å². The minimum Gasteiger partial charge on any atom is -0.308 e. The van der Waals surface area contributed by atoms with E-state index in [9.17, 15) is 0 Å². The van der Waals surface area contributed by atoms with Gasteiger partial charge in [0.1, 0.15) is 17.2 Å². The van der Waals surface area contributed by atoms with Crippen molar-refractivity contribution in [2.24, 2.45) is 0 Å². The molecule has 0 bridgehead atoms. The van der Waals surface area contributed by atoms with Crippen molar-refractivity contribution in [2.45, 2.75) is 33.9 Å². The fraction of sp³-hybridized carbons (Fsp3) is 0.0769. The van der Waals surface area contributed by atoms with Crippen LogP contribution in [-0.2, 0) is 6.18 Å². The number of benzene rings is 10. The molecule has 10 aromatic carbocycles. The van der Waals surface area contributed by atoms with Gasteiger partial charge in [-0.05, 0) is 132 Å². The van der Waals surface area contributed by atoms with E-state index in [1.165, 1.54) is 24.3 Å². The molecule has 0 saturated heterocycles. The van der Waals surface area contributed by atoms with Crippen LogP contribution in [0.15, 0.2) is 200 Å². The zero-order chi connectivity index (χ0) is 49.6. The Morgan fingerprint density at radius 3 is 0.792 bits per heavy atom. The first kappa shape index (κ1) is 44.6. The van der Waals surface area contributed by atoms with Crippen LogP contribution in [0.1, 0.15) is 27.8 Å². The first-order valence-corrected chi connectivity index (χ1v) is 23.9. The van der Waals surface area contributed by atoms with E-state index in [0.29, 0.717) is 22.1 Å². The van der Waals surface area contributed by atoms with Gasteiger partial charge in [-0.25, -0.2) is 8.78 Å². The van der Waals surface area contributed by atoms with Crippen molar-refractivity contribution in [3.05, 3.63) is 240 Å². The molecule has 7 heteroatoms. The highest BCUT2D eigenvalue weighted by molar-refractivity contribution is 6.13. The molecule has 0 N–H and O–H groups in total. The van der Waals surface area contributed by atoms with Crippen LogP contribution in [0, 0.1) is 39.3 Å². The van der Waals surface area contributed by atoms with Gasteiger partial charge >= 0.3 is 6.18 Å². The molecular formula is C65H45F5N2. The van der Waals surface area contributed by atoms with Crippen LogP contribution in [0.5, 0.6) is 0 Å². The van der Waals surface area contributed by atoms with Crippen molar-refractivity contribution in [3.63, 3.8) is 0 Å². The summed E-state index contributed by atoms with van der Waals surface area (Å²) in [7, 11) is 0. The molecule has 0 aliphatic rings. The molecule has 2 nitrogen and oxygen atoms in total. The van der Waals surface area contributed by atoms with Crippen LogP contribution in [0.4, 0.5) is 22.0 Å². The van der Waals surface area contributed by atoms with Gasteiger partial charge in [0, 0.05) is 27.6 Å². The van der Waals surface area contributed by atoms with E-state index in [0.717, 1.165) is 94.4 Å². The third kappa shape index (κ3) is 7.82. The summed E-state index contributed by atoms with van der Waals surface area (Å²) in [5.74, 6) is -1.70. The average molecular weight is 949 g/mol. The molecule has 0 fully saturated rings. The third-order valence-electron chi connectivity index (χ3n) is 14.1. The maximum absolute atomic E-state index is 17.1. The Balaban J connectivity index is 1.26. The molecule has 0 atom stereocenters.